The molecule has 0 bridgehead atoms. The van der Waals surface area contributed by atoms with E-state index in [1.165, 1.54) is 12.1 Å². The molecule has 1 heterocycles. The van der Waals surface area contributed by atoms with Crippen LogP contribution in [0.3, 0.4) is 0 Å². The van der Waals surface area contributed by atoms with Gasteiger partial charge in [0.2, 0.25) is 0 Å². The summed E-state index contributed by atoms with van der Waals surface area (Å²) in [4.78, 5) is 0. The molecule has 0 fully saturated rings. The van der Waals surface area contributed by atoms with Gasteiger partial charge in [0.25, 0.3) is 0 Å². The van der Waals surface area contributed by atoms with E-state index in [-0.39, 0.29) is 11.9 Å². The van der Waals surface area contributed by atoms with Gasteiger partial charge < -0.3 is 9.84 Å². The Balaban J connectivity index is 1.94. The second-order valence-corrected chi connectivity index (χ2v) is 4.45. The minimum atomic E-state index is -0.566. The van der Waals surface area contributed by atoms with Crippen molar-refractivity contribution in [2.24, 2.45) is 0 Å². The Labute approximate surface area is 105 Å². The molecule has 0 aliphatic carbocycles. The summed E-state index contributed by atoms with van der Waals surface area (Å²) in [5.41, 5.74) is 1.55. The van der Waals surface area contributed by atoms with Crippen molar-refractivity contribution in [2.75, 3.05) is 0 Å². The topological polar surface area (TPSA) is 29.5 Å². The second-order valence-electron chi connectivity index (χ2n) is 4.45. The molecule has 0 amide bonds. The lowest BCUT2D eigenvalue weighted by Gasteiger charge is -2.29. The SMILES string of the molecule is O[C@@H]1CC(c2cccc(F)c2)Oc2ccccc21. The summed E-state index contributed by atoms with van der Waals surface area (Å²) in [6.07, 6.45) is -0.422. The van der Waals surface area contributed by atoms with Gasteiger partial charge in [-0.15, -0.1) is 0 Å². The van der Waals surface area contributed by atoms with Crippen LogP contribution in [0.4, 0.5) is 4.39 Å². The molecule has 18 heavy (non-hydrogen) atoms. The predicted molar refractivity (Wildman–Crippen MR) is 65.8 cm³/mol. The van der Waals surface area contributed by atoms with Crippen molar-refractivity contribution in [3.8, 4) is 5.75 Å². The summed E-state index contributed by atoms with van der Waals surface area (Å²) >= 11 is 0. The molecular formula is C15H13FO2. The average molecular weight is 244 g/mol. The van der Waals surface area contributed by atoms with Crippen LogP contribution in [0.15, 0.2) is 48.5 Å². The molecule has 2 aromatic carbocycles. The van der Waals surface area contributed by atoms with Gasteiger partial charge in [0.05, 0.1) is 6.10 Å². The van der Waals surface area contributed by atoms with Gasteiger partial charge in [-0.1, -0.05) is 30.3 Å². The fourth-order valence-electron chi connectivity index (χ4n) is 2.31. The quantitative estimate of drug-likeness (QED) is 0.833. The van der Waals surface area contributed by atoms with E-state index in [4.69, 9.17) is 4.74 Å². The molecule has 1 aliphatic heterocycles. The number of hydrogen-bond donors (Lipinski definition) is 1. The highest BCUT2D eigenvalue weighted by Crippen LogP contribution is 2.40. The van der Waals surface area contributed by atoms with E-state index in [0.29, 0.717) is 12.2 Å². The molecule has 1 N–H and O–H groups in total. The maximum absolute atomic E-state index is 13.2. The van der Waals surface area contributed by atoms with Crippen LogP contribution < -0.4 is 4.74 Å². The Bertz CT molecular complexity index is 568. The standard InChI is InChI=1S/C15H13FO2/c16-11-5-3-4-10(8-11)15-9-13(17)12-6-1-2-7-14(12)18-15/h1-8,13,15,17H,9H2/t13-,15?/m1/s1. The third-order valence-electron chi connectivity index (χ3n) is 3.21. The average Bonchev–Trinajstić information content (AvgIpc) is 2.39. The predicted octanol–water partition coefficient (Wildman–Crippen LogP) is 3.38. The first-order chi connectivity index (χ1) is 8.74. The van der Waals surface area contributed by atoms with Crippen molar-refractivity contribution in [1.82, 2.24) is 0 Å². The van der Waals surface area contributed by atoms with Gasteiger partial charge in [-0.2, -0.15) is 0 Å². The summed E-state index contributed by atoms with van der Waals surface area (Å²) in [6, 6.07) is 13.7. The van der Waals surface area contributed by atoms with Crippen LogP contribution in [0.5, 0.6) is 5.75 Å². The van der Waals surface area contributed by atoms with Crippen LogP contribution in [0.1, 0.15) is 29.8 Å². The fraction of sp³-hybridized carbons (Fsp3) is 0.200. The summed E-state index contributed by atoms with van der Waals surface area (Å²) in [5.74, 6) is 0.384. The van der Waals surface area contributed by atoms with E-state index in [1.54, 1.807) is 6.07 Å². The Morgan fingerprint density at radius 2 is 1.94 bits per heavy atom. The van der Waals surface area contributed by atoms with Gasteiger partial charge in [0, 0.05) is 12.0 Å². The Hall–Kier alpha value is -1.87. The third kappa shape index (κ3) is 1.97. The number of fused-ring (bicyclic) bond motifs is 1. The molecule has 0 radical (unpaired) electrons. The van der Waals surface area contributed by atoms with E-state index in [9.17, 15) is 9.50 Å². The van der Waals surface area contributed by atoms with Crippen molar-refractivity contribution < 1.29 is 14.2 Å². The van der Waals surface area contributed by atoms with Crippen LogP contribution in [0, 0.1) is 5.82 Å². The zero-order valence-electron chi connectivity index (χ0n) is 9.71. The minimum absolute atomic E-state index is 0.288. The Kier molecular flexibility index (Phi) is 2.76. The van der Waals surface area contributed by atoms with Gasteiger partial charge in [-0.3, -0.25) is 0 Å². The molecule has 2 aromatic rings. The maximum Gasteiger partial charge on any atom is 0.127 e. The van der Waals surface area contributed by atoms with Gasteiger partial charge in [0.1, 0.15) is 17.7 Å². The first kappa shape index (κ1) is 11.2. The van der Waals surface area contributed by atoms with Gasteiger partial charge in [0.15, 0.2) is 0 Å². The van der Waals surface area contributed by atoms with Crippen molar-refractivity contribution >= 4 is 0 Å². The van der Waals surface area contributed by atoms with E-state index in [0.717, 1.165) is 11.1 Å². The molecule has 0 saturated carbocycles. The molecule has 0 saturated heterocycles. The van der Waals surface area contributed by atoms with Crippen molar-refractivity contribution in [3.05, 3.63) is 65.5 Å². The van der Waals surface area contributed by atoms with Crippen molar-refractivity contribution in [2.45, 2.75) is 18.6 Å². The molecule has 92 valence electrons. The number of aliphatic hydroxyl groups excluding tert-OH is 1. The molecule has 2 nitrogen and oxygen atoms in total. The fourth-order valence-corrected chi connectivity index (χ4v) is 2.31. The lowest BCUT2D eigenvalue weighted by atomic mass is 9.95. The van der Waals surface area contributed by atoms with E-state index in [2.05, 4.69) is 0 Å². The van der Waals surface area contributed by atoms with Crippen molar-refractivity contribution in [1.29, 1.82) is 0 Å². The third-order valence-corrected chi connectivity index (χ3v) is 3.21. The van der Waals surface area contributed by atoms with Gasteiger partial charge in [-0.25, -0.2) is 4.39 Å². The maximum atomic E-state index is 13.2. The largest absolute Gasteiger partial charge is 0.485 e. The second kappa shape index (κ2) is 4.42. The summed E-state index contributed by atoms with van der Waals surface area (Å²) in [6.45, 7) is 0. The van der Waals surface area contributed by atoms with E-state index in [1.807, 2.05) is 30.3 Å². The highest BCUT2D eigenvalue weighted by Gasteiger charge is 2.27. The first-order valence-electron chi connectivity index (χ1n) is 5.93. The van der Waals surface area contributed by atoms with Gasteiger partial charge >= 0.3 is 0 Å². The normalized spacial score (nSPS) is 22.1. The van der Waals surface area contributed by atoms with Crippen LogP contribution in [-0.2, 0) is 0 Å². The first-order valence-corrected chi connectivity index (χ1v) is 5.93. The molecule has 0 aromatic heterocycles. The van der Waals surface area contributed by atoms with Crippen molar-refractivity contribution in [3.63, 3.8) is 0 Å². The molecule has 1 aliphatic rings. The number of ether oxygens (including phenoxy) is 1. The number of aliphatic hydroxyl groups is 1. The zero-order chi connectivity index (χ0) is 12.5. The Morgan fingerprint density at radius 1 is 1.11 bits per heavy atom. The summed E-state index contributed by atoms with van der Waals surface area (Å²) in [5, 5.41) is 10.1. The molecule has 3 heteroatoms. The number of hydrogen-bond acceptors (Lipinski definition) is 2. The van der Waals surface area contributed by atoms with Crippen LogP contribution in [0.2, 0.25) is 0 Å². The lowest BCUT2D eigenvalue weighted by Crippen LogP contribution is -2.19. The van der Waals surface area contributed by atoms with E-state index >= 15 is 0 Å². The van der Waals surface area contributed by atoms with Crippen LogP contribution in [-0.4, -0.2) is 5.11 Å². The lowest BCUT2D eigenvalue weighted by molar-refractivity contribution is 0.0656. The molecule has 3 rings (SSSR count). The highest BCUT2D eigenvalue weighted by atomic mass is 19.1. The van der Waals surface area contributed by atoms with Gasteiger partial charge in [-0.05, 0) is 23.8 Å². The minimum Gasteiger partial charge on any atom is -0.485 e. The highest BCUT2D eigenvalue weighted by molar-refractivity contribution is 5.38. The number of rotatable bonds is 1. The monoisotopic (exact) mass is 244 g/mol. The number of halogens is 1. The summed E-state index contributed by atoms with van der Waals surface area (Å²) < 4.78 is 19.0. The number of benzene rings is 2. The summed E-state index contributed by atoms with van der Waals surface area (Å²) in [7, 11) is 0. The van der Waals surface area contributed by atoms with Crippen LogP contribution >= 0.6 is 0 Å². The molecule has 2 atom stereocenters. The Morgan fingerprint density at radius 3 is 2.78 bits per heavy atom. The molecular weight excluding hydrogens is 231 g/mol. The molecule has 1 unspecified atom stereocenters. The molecule has 0 spiro atoms. The number of para-hydroxylation sites is 1. The smallest absolute Gasteiger partial charge is 0.127 e. The van der Waals surface area contributed by atoms with Crippen LogP contribution in [0.25, 0.3) is 0 Å². The zero-order valence-corrected chi connectivity index (χ0v) is 9.71. The van der Waals surface area contributed by atoms with E-state index < -0.39 is 6.10 Å².